The lowest BCUT2D eigenvalue weighted by molar-refractivity contribution is -0.130. The van der Waals surface area contributed by atoms with Crippen LogP contribution in [-0.2, 0) is 9.59 Å². The number of hydrogen-bond donors (Lipinski definition) is 0. The summed E-state index contributed by atoms with van der Waals surface area (Å²) in [6.45, 7) is 5.14. The maximum absolute atomic E-state index is 13.4. The Morgan fingerprint density at radius 2 is 1.64 bits per heavy atom. The number of nitrogens with zero attached hydrogens (tertiary/aromatic N) is 3. The van der Waals surface area contributed by atoms with Crippen LogP contribution in [0, 0.1) is 0 Å². The van der Waals surface area contributed by atoms with Crippen LogP contribution in [0.5, 0.6) is 5.75 Å². The second-order valence-corrected chi connectivity index (χ2v) is 7.25. The van der Waals surface area contributed by atoms with Gasteiger partial charge in [-0.25, -0.2) is 0 Å². The van der Waals surface area contributed by atoms with E-state index < -0.39 is 0 Å². The zero-order chi connectivity index (χ0) is 19.5. The lowest BCUT2D eigenvalue weighted by Crippen LogP contribution is -2.52. The fourth-order valence-corrected chi connectivity index (χ4v) is 3.91. The van der Waals surface area contributed by atoms with Gasteiger partial charge in [-0.05, 0) is 17.7 Å². The summed E-state index contributed by atoms with van der Waals surface area (Å²) in [7, 11) is 0. The van der Waals surface area contributed by atoms with E-state index in [1.807, 2.05) is 64.4 Å². The Morgan fingerprint density at radius 1 is 0.964 bits per heavy atom. The van der Waals surface area contributed by atoms with E-state index in [1.54, 1.807) is 6.92 Å². The van der Waals surface area contributed by atoms with Gasteiger partial charge in [-0.1, -0.05) is 42.5 Å². The molecule has 2 aromatic carbocycles. The van der Waals surface area contributed by atoms with Crippen molar-refractivity contribution < 1.29 is 14.3 Å². The van der Waals surface area contributed by atoms with Gasteiger partial charge in [0.1, 0.15) is 12.4 Å². The third-order valence-electron chi connectivity index (χ3n) is 5.46. The van der Waals surface area contributed by atoms with E-state index in [4.69, 9.17) is 4.74 Å². The molecule has 0 aliphatic carbocycles. The molecular weight excluding hydrogens is 354 g/mol. The largest absolute Gasteiger partial charge is 0.489 e. The first kappa shape index (κ1) is 18.5. The Hall–Kier alpha value is -2.86. The predicted octanol–water partition coefficient (Wildman–Crippen LogP) is 2.32. The Morgan fingerprint density at radius 3 is 2.36 bits per heavy atom. The van der Waals surface area contributed by atoms with Crippen LogP contribution in [0.2, 0.25) is 0 Å². The van der Waals surface area contributed by atoms with Gasteiger partial charge in [0, 0.05) is 33.1 Å². The van der Waals surface area contributed by atoms with Crippen LogP contribution in [0.25, 0.3) is 0 Å². The first-order valence-corrected chi connectivity index (χ1v) is 9.70. The van der Waals surface area contributed by atoms with Gasteiger partial charge in [0.15, 0.2) is 0 Å². The van der Waals surface area contributed by atoms with Gasteiger partial charge in [0.2, 0.25) is 11.8 Å². The molecule has 1 fully saturated rings. The van der Waals surface area contributed by atoms with E-state index >= 15 is 0 Å². The van der Waals surface area contributed by atoms with Crippen molar-refractivity contribution in [3.8, 4) is 5.75 Å². The smallest absolute Gasteiger partial charge is 0.241 e. The molecule has 2 aliphatic rings. The first-order chi connectivity index (χ1) is 13.6. The Kier molecular flexibility index (Phi) is 5.30. The van der Waals surface area contributed by atoms with Crippen LogP contribution in [0.1, 0.15) is 18.5 Å². The molecule has 1 saturated heterocycles. The van der Waals surface area contributed by atoms with Crippen LogP contribution < -0.4 is 9.64 Å². The molecule has 0 saturated carbocycles. The number of fused-ring (bicyclic) bond motifs is 1. The third-order valence-corrected chi connectivity index (χ3v) is 5.46. The van der Waals surface area contributed by atoms with Crippen LogP contribution in [0.15, 0.2) is 54.6 Å². The molecule has 0 radical (unpaired) electrons. The predicted molar refractivity (Wildman–Crippen MR) is 107 cm³/mol. The summed E-state index contributed by atoms with van der Waals surface area (Å²) in [6.07, 6.45) is 0. The minimum absolute atomic E-state index is 0.0564. The second kappa shape index (κ2) is 8.02. The number of piperazine rings is 1. The minimum Gasteiger partial charge on any atom is -0.489 e. The summed E-state index contributed by atoms with van der Waals surface area (Å²) in [5, 5.41) is 0. The normalized spacial score (nSPS) is 19.7. The van der Waals surface area contributed by atoms with E-state index in [-0.39, 0.29) is 17.9 Å². The standard InChI is InChI=1S/C22H25N3O3/c1-17(26)24-13-11-23(12-14-24)15-22(27)25-19-9-5-6-10-21(19)28-16-20(25)18-7-3-2-4-8-18/h2-10,20H,11-16H2,1H3. The summed E-state index contributed by atoms with van der Waals surface area (Å²) in [4.78, 5) is 30.7. The number of ether oxygens (including phenoxy) is 1. The van der Waals surface area contributed by atoms with Crippen molar-refractivity contribution in [2.75, 3.05) is 44.2 Å². The number of benzene rings is 2. The van der Waals surface area contributed by atoms with Crippen molar-refractivity contribution in [2.24, 2.45) is 0 Å². The molecule has 28 heavy (non-hydrogen) atoms. The van der Waals surface area contributed by atoms with E-state index in [9.17, 15) is 9.59 Å². The monoisotopic (exact) mass is 379 g/mol. The van der Waals surface area contributed by atoms with Gasteiger partial charge in [-0.15, -0.1) is 0 Å². The highest BCUT2D eigenvalue weighted by molar-refractivity contribution is 5.97. The van der Waals surface area contributed by atoms with Gasteiger partial charge in [0.25, 0.3) is 0 Å². The SMILES string of the molecule is CC(=O)N1CCN(CC(=O)N2c3ccccc3OCC2c2ccccc2)CC1. The number of amides is 2. The highest BCUT2D eigenvalue weighted by Crippen LogP contribution is 2.39. The van der Waals surface area contributed by atoms with Crippen molar-refractivity contribution in [2.45, 2.75) is 13.0 Å². The van der Waals surface area contributed by atoms with Crippen LogP contribution in [0.3, 0.4) is 0 Å². The molecule has 6 heteroatoms. The molecule has 0 bridgehead atoms. The number of anilines is 1. The summed E-state index contributed by atoms with van der Waals surface area (Å²) in [6, 6.07) is 17.6. The summed E-state index contributed by atoms with van der Waals surface area (Å²) >= 11 is 0. The molecule has 0 spiro atoms. The van der Waals surface area contributed by atoms with Gasteiger partial charge >= 0.3 is 0 Å². The molecule has 2 heterocycles. The van der Waals surface area contributed by atoms with Gasteiger partial charge < -0.3 is 9.64 Å². The summed E-state index contributed by atoms with van der Waals surface area (Å²) < 4.78 is 5.95. The van der Waals surface area contributed by atoms with E-state index in [2.05, 4.69) is 4.90 Å². The molecule has 6 nitrogen and oxygen atoms in total. The van der Waals surface area contributed by atoms with Gasteiger partial charge in [-0.2, -0.15) is 0 Å². The maximum atomic E-state index is 13.4. The van der Waals surface area contributed by atoms with Crippen molar-refractivity contribution in [1.29, 1.82) is 0 Å². The average Bonchev–Trinajstić information content (AvgIpc) is 2.74. The molecule has 146 valence electrons. The number of rotatable bonds is 3. The molecule has 0 N–H and O–H groups in total. The Balaban J connectivity index is 1.55. The highest BCUT2D eigenvalue weighted by Gasteiger charge is 2.34. The van der Waals surface area contributed by atoms with Crippen molar-refractivity contribution in [1.82, 2.24) is 9.80 Å². The van der Waals surface area contributed by atoms with E-state index in [0.717, 1.165) is 17.0 Å². The molecule has 0 aromatic heterocycles. The fourth-order valence-electron chi connectivity index (χ4n) is 3.91. The van der Waals surface area contributed by atoms with Crippen LogP contribution >= 0.6 is 0 Å². The lowest BCUT2D eigenvalue weighted by atomic mass is 10.0. The summed E-state index contributed by atoms with van der Waals surface area (Å²) in [5.41, 5.74) is 1.88. The average molecular weight is 379 g/mol. The number of hydrogen-bond acceptors (Lipinski definition) is 4. The third kappa shape index (κ3) is 3.73. The molecule has 2 aliphatic heterocycles. The van der Waals surface area contributed by atoms with E-state index in [0.29, 0.717) is 39.3 Å². The number of para-hydroxylation sites is 2. The second-order valence-electron chi connectivity index (χ2n) is 7.25. The fraction of sp³-hybridized carbons (Fsp3) is 0.364. The lowest BCUT2D eigenvalue weighted by Gasteiger charge is -2.39. The molecule has 1 unspecified atom stereocenters. The minimum atomic E-state index is -0.151. The van der Waals surface area contributed by atoms with Crippen molar-refractivity contribution in [3.05, 3.63) is 60.2 Å². The molecule has 4 rings (SSSR count). The van der Waals surface area contributed by atoms with Crippen molar-refractivity contribution >= 4 is 17.5 Å². The molecule has 1 atom stereocenters. The van der Waals surface area contributed by atoms with Gasteiger partial charge in [-0.3, -0.25) is 19.4 Å². The molecule has 2 aromatic rings. The van der Waals surface area contributed by atoms with Crippen LogP contribution in [-0.4, -0.2) is 60.9 Å². The Labute approximate surface area is 165 Å². The zero-order valence-electron chi connectivity index (χ0n) is 16.1. The quantitative estimate of drug-likeness (QED) is 0.821. The molecule has 2 amide bonds. The maximum Gasteiger partial charge on any atom is 0.241 e. The molecular formula is C22H25N3O3. The topological polar surface area (TPSA) is 53.1 Å². The number of carbonyl (C=O) groups excluding carboxylic acids is 2. The van der Waals surface area contributed by atoms with Crippen LogP contribution in [0.4, 0.5) is 5.69 Å². The van der Waals surface area contributed by atoms with Gasteiger partial charge in [0.05, 0.1) is 18.3 Å². The van der Waals surface area contributed by atoms with E-state index in [1.165, 1.54) is 0 Å². The highest BCUT2D eigenvalue weighted by atomic mass is 16.5. The number of carbonyl (C=O) groups is 2. The zero-order valence-corrected chi connectivity index (χ0v) is 16.1. The summed E-state index contributed by atoms with van der Waals surface area (Å²) in [5.74, 6) is 0.891. The first-order valence-electron chi connectivity index (χ1n) is 9.70. The Bertz CT molecular complexity index is 847. The van der Waals surface area contributed by atoms with Crippen molar-refractivity contribution in [3.63, 3.8) is 0 Å².